The summed E-state index contributed by atoms with van der Waals surface area (Å²) in [7, 11) is 0. The molecule has 0 saturated carbocycles. The van der Waals surface area contributed by atoms with Gasteiger partial charge in [-0.2, -0.15) is 0 Å². The minimum atomic E-state index is 0.539. The molecule has 0 aromatic carbocycles. The van der Waals surface area contributed by atoms with Gasteiger partial charge in [0.1, 0.15) is 5.69 Å². The van der Waals surface area contributed by atoms with Crippen molar-refractivity contribution in [2.24, 2.45) is 0 Å². The zero-order valence-corrected chi connectivity index (χ0v) is 8.42. The lowest BCUT2D eigenvalue weighted by molar-refractivity contribution is 0.323. The third-order valence-corrected chi connectivity index (χ3v) is 1.86. The van der Waals surface area contributed by atoms with Gasteiger partial charge in [0.25, 0.3) is 0 Å². The minimum Gasteiger partial charge on any atom is -0.477 e. The average molecular weight is 201 g/mol. The lowest BCUT2D eigenvalue weighted by atomic mass is 10.2. The van der Waals surface area contributed by atoms with E-state index in [9.17, 15) is 0 Å². The molecule has 2 heterocycles. The van der Waals surface area contributed by atoms with E-state index in [0.717, 1.165) is 11.4 Å². The molecule has 0 spiro atoms. The van der Waals surface area contributed by atoms with E-state index in [4.69, 9.17) is 4.74 Å². The Morgan fingerprint density at radius 3 is 2.60 bits per heavy atom. The first kappa shape index (κ1) is 9.58. The van der Waals surface area contributed by atoms with Crippen LogP contribution >= 0.6 is 0 Å². The molecule has 0 atom stereocenters. The van der Waals surface area contributed by atoms with Gasteiger partial charge >= 0.3 is 0 Å². The van der Waals surface area contributed by atoms with Gasteiger partial charge < -0.3 is 4.74 Å². The Labute approximate surface area is 88.0 Å². The molecule has 2 aromatic heterocycles. The van der Waals surface area contributed by atoms with E-state index in [1.54, 1.807) is 12.3 Å². The van der Waals surface area contributed by atoms with E-state index in [1.165, 1.54) is 0 Å². The Bertz CT molecular complexity index is 414. The SMILES string of the molecule is CCOc1ccc(-c2ccccn2)nn1. The van der Waals surface area contributed by atoms with E-state index in [0.29, 0.717) is 12.5 Å². The third kappa shape index (κ3) is 2.28. The summed E-state index contributed by atoms with van der Waals surface area (Å²) in [4.78, 5) is 4.18. The van der Waals surface area contributed by atoms with Crippen molar-refractivity contribution >= 4 is 0 Å². The molecule has 0 amide bonds. The average Bonchev–Trinajstić information content (AvgIpc) is 2.32. The lowest BCUT2D eigenvalue weighted by Crippen LogP contribution is -1.96. The molecular weight excluding hydrogens is 190 g/mol. The van der Waals surface area contributed by atoms with Gasteiger partial charge in [0.15, 0.2) is 0 Å². The van der Waals surface area contributed by atoms with Crippen LogP contribution in [0, 0.1) is 0 Å². The van der Waals surface area contributed by atoms with E-state index in [-0.39, 0.29) is 0 Å². The Morgan fingerprint density at radius 1 is 1.07 bits per heavy atom. The first-order valence-electron chi connectivity index (χ1n) is 4.78. The van der Waals surface area contributed by atoms with Crippen molar-refractivity contribution in [3.63, 3.8) is 0 Å². The molecule has 4 nitrogen and oxygen atoms in total. The maximum absolute atomic E-state index is 5.20. The molecule has 0 unspecified atom stereocenters. The Hall–Kier alpha value is -1.97. The van der Waals surface area contributed by atoms with E-state index >= 15 is 0 Å². The van der Waals surface area contributed by atoms with Crippen molar-refractivity contribution in [3.05, 3.63) is 36.5 Å². The van der Waals surface area contributed by atoms with Gasteiger partial charge in [0.2, 0.25) is 5.88 Å². The van der Waals surface area contributed by atoms with E-state index in [2.05, 4.69) is 15.2 Å². The summed E-state index contributed by atoms with van der Waals surface area (Å²) in [6.45, 7) is 2.51. The van der Waals surface area contributed by atoms with Gasteiger partial charge in [-0.25, -0.2) is 0 Å². The second-order valence-electron chi connectivity index (χ2n) is 2.90. The van der Waals surface area contributed by atoms with Crippen LogP contribution in [0.15, 0.2) is 36.5 Å². The number of pyridine rings is 1. The van der Waals surface area contributed by atoms with Crippen molar-refractivity contribution in [2.45, 2.75) is 6.92 Å². The molecule has 0 bridgehead atoms. The predicted molar refractivity (Wildman–Crippen MR) is 56.4 cm³/mol. The van der Waals surface area contributed by atoms with Crippen LogP contribution in [-0.4, -0.2) is 21.8 Å². The fourth-order valence-corrected chi connectivity index (χ4v) is 1.20. The highest BCUT2D eigenvalue weighted by Gasteiger charge is 2.01. The zero-order valence-electron chi connectivity index (χ0n) is 8.42. The molecule has 76 valence electrons. The fraction of sp³-hybridized carbons (Fsp3) is 0.182. The van der Waals surface area contributed by atoms with Crippen LogP contribution in [0.25, 0.3) is 11.4 Å². The molecule has 2 aromatic rings. The molecule has 0 aliphatic carbocycles. The van der Waals surface area contributed by atoms with Crippen molar-refractivity contribution in [1.29, 1.82) is 0 Å². The van der Waals surface area contributed by atoms with Crippen LogP contribution in [-0.2, 0) is 0 Å². The first-order chi connectivity index (χ1) is 7.40. The smallest absolute Gasteiger partial charge is 0.233 e. The van der Waals surface area contributed by atoms with Gasteiger partial charge in [-0.1, -0.05) is 6.07 Å². The number of nitrogens with zero attached hydrogens (tertiary/aromatic N) is 3. The fourth-order valence-electron chi connectivity index (χ4n) is 1.20. The topological polar surface area (TPSA) is 47.9 Å². The molecule has 0 aliphatic rings. The number of ether oxygens (including phenoxy) is 1. The van der Waals surface area contributed by atoms with Gasteiger partial charge in [0.05, 0.1) is 12.3 Å². The summed E-state index contributed by atoms with van der Waals surface area (Å²) in [5, 5.41) is 7.96. The number of hydrogen-bond acceptors (Lipinski definition) is 4. The molecule has 0 N–H and O–H groups in total. The summed E-state index contributed by atoms with van der Waals surface area (Å²) in [6.07, 6.45) is 1.73. The number of aromatic nitrogens is 3. The Kier molecular flexibility index (Phi) is 2.88. The van der Waals surface area contributed by atoms with E-state index < -0.39 is 0 Å². The summed E-state index contributed by atoms with van der Waals surface area (Å²) in [6, 6.07) is 9.32. The van der Waals surface area contributed by atoms with Crippen LogP contribution in [0.2, 0.25) is 0 Å². The van der Waals surface area contributed by atoms with Crippen molar-refractivity contribution < 1.29 is 4.74 Å². The normalized spacial score (nSPS) is 9.93. The van der Waals surface area contributed by atoms with Gasteiger partial charge in [0, 0.05) is 12.3 Å². The summed E-state index contributed by atoms with van der Waals surface area (Å²) >= 11 is 0. The van der Waals surface area contributed by atoms with Crippen molar-refractivity contribution in [3.8, 4) is 17.3 Å². The third-order valence-electron chi connectivity index (χ3n) is 1.86. The number of hydrogen-bond donors (Lipinski definition) is 0. The molecule has 15 heavy (non-hydrogen) atoms. The van der Waals surface area contributed by atoms with Gasteiger partial charge in [-0.3, -0.25) is 4.98 Å². The quantitative estimate of drug-likeness (QED) is 0.761. The van der Waals surface area contributed by atoms with Gasteiger partial charge in [-0.05, 0) is 25.1 Å². The highest BCUT2D eigenvalue weighted by atomic mass is 16.5. The van der Waals surface area contributed by atoms with Crippen LogP contribution in [0.1, 0.15) is 6.92 Å². The van der Waals surface area contributed by atoms with E-state index in [1.807, 2.05) is 31.2 Å². The maximum Gasteiger partial charge on any atom is 0.233 e. The molecule has 0 radical (unpaired) electrons. The maximum atomic E-state index is 5.20. The van der Waals surface area contributed by atoms with Crippen molar-refractivity contribution in [2.75, 3.05) is 6.61 Å². The summed E-state index contributed by atoms with van der Waals surface area (Å²) in [5.74, 6) is 0.539. The largest absolute Gasteiger partial charge is 0.477 e. The van der Waals surface area contributed by atoms with Crippen LogP contribution in [0.4, 0.5) is 0 Å². The minimum absolute atomic E-state index is 0.539. The lowest BCUT2D eigenvalue weighted by Gasteiger charge is -2.01. The first-order valence-corrected chi connectivity index (χ1v) is 4.78. The molecule has 0 fully saturated rings. The standard InChI is InChI=1S/C11H11N3O/c1-2-15-11-7-6-10(13-14-11)9-5-3-4-8-12-9/h3-8H,2H2,1H3. The summed E-state index contributed by atoms with van der Waals surface area (Å²) < 4.78 is 5.20. The van der Waals surface area contributed by atoms with Crippen LogP contribution in [0.3, 0.4) is 0 Å². The molecular formula is C11H11N3O. The van der Waals surface area contributed by atoms with Crippen molar-refractivity contribution in [1.82, 2.24) is 15.2 Å². The van der Waals surface area contributed by atoms with Gasteiger partial charge in [-0.15, -0.1) is 10.2 Å². The molecule has 4 heteroatoms. The Balaban J connectivity index is 2.24. The zero-order chi connectivity index (χ0) is 10.5. The molecule has 0 saturated heterocycles. The second kappa shape index (κ2) is 4.50. The Morgan fingerprint density at radius 2 is 2.00 bits per heavy atom. The monoisotopic (exact) mass is 201 g/mol. The number of rotatable bonds is 3. The molecule has 2 rings (SSSR count). The van der Waals surface area contributed by atoms with Crippen LogP contribution in [0.5, 0.6) is 5.88 Å². The van der Waals surface area contributed by atoms with Crippen LogP contribution < -0.4 is 4.74 Å². The second-order valence-corrected chi connectivity index (χ2v) is 2.90. The predicted octanol–water partition coefficient (Wildman–Crippen LogP) is 1.94. The molecule has 0 aliphatic heterocycles. The highest BCUT2D eigenvalue weighted by molar-refractivity contribution is 5.52. The highest BCUT2D eigenvalue weighted by Crippen LogP contribution is 2.14. The summed E-state index contributed by atoms with van der Waals surface area (Å²) in [5.41, 5.74) is 1.56.